The zero-order chi connectivity index (χ0) is 19.7. The van der Waals surface area contributed by atoms with Crippen LogP contribution < -0.4 is 4.52 Å². The molecule has 0 heterocycles. The number of ether oxygens (including phenoxy) is 1. The smallest absolute Gasteiger partial charge is 0.305 e. The van der Waals surface area contributed by atoms with Crippen LogP contribution in [0.15, 0.2) is 18.2 Å². The molecule has 1 aromatic rings. The highest BCUT2D eigenvalue weighted by Crippen LogP contribution is 2.34. The van der Waals surface area contributed by atoms with Crippen LogP contribution in [-0.4, -0.2) is 42.6 Å². The van der Waals surface area contributed by atoms with Gasteiger partial charge in [0.1, 0.15) is 18.2 Å². The summed E-state index contributed by atoms with van der Waals surface area (Å²) in [5.41, 5.74) is 2.20. The van der Waals surface area contributed by atoms with Gasteiger partial charge in [-0.15, -0.1) is 0 Å². The Morgan fingerprint density at radius 3 is 2.58 bits per heavy atom. The molecule has 0 aromatic heterocycles. The van der Waals surface area contributed by atoms with Crippen molar-refractivity contribution in [1.29, 1.82) is 0 Å². The van der Waals surface area contributed by atoms with Crippen molar-refractivity contribution in [2.75, 3.05) is 14.2 Å². The Morgan fingerprint density at radius 2 is 2.00 bits per heavy atom. The van der Waals surface area contributed by atoms with Gasteiger partial charge in [-0.1, -0.05) is 26.0 Å². The predicted molar refractivity (Wildman–Crippen MR) is 104 cm³/mol. The Kier molecular flexibility index (Phi) is 10.1. The van der Waals surface area contributed by atoms with Crippen molar-refractivity contribution in [3.8, 4) is 5.75 Å². The fourth-order valence-electron chi connectivity index (χ4n) is 2.33. The Balaban J connectivity index is 2.75. The van der Waals surface area contributed by atoms with E-state index in [-0.39, 0.29) is 21.2 Å². The number of aliphatic hydroxyl groups is 1. The molecule has 6 nitrogen and oxygen atoms in total. The molecule has 1 aromatic carbocycles. The first-order valence-corrected chi connectivity index (χ1v) is 9.78. The number of carbonyl (C=O) groups is 1. The van der Waals surface area contributed by atoms with Crippen molar-refractivity contribution in [1.82, 2.24) is 4.90 Å². The number of methoxy groups -OCH3 is 1. The molecule has 26 heavy (non-hydrogen) atoms. The second-order valence-corrected chi connectivity index (χ2v) is 7.06. The molecule has 0 fully saturated rings. The van der Waals surface area contributed by atoms with E-state index in [1.807, 2.05) is 19.1 Å². The molecule has 0 aliphatic rings. The zero-order valence-corrected chi connectivity index (χ0v) is 17.6. The Labute approximate surface area is 158 Å². The lowest BCUT2D eigenvalue weighted by Gasteiger charge is -2.26. The minimum atomic E-state index is -0.584. The maximum atomic E-state index is 11.4. The number of aliphatic hydroxyl groups excluding tert-OH is 1. The molecule has 148 valence electrons. The number of hydrogen-bond donors (Lipinski definition) is 1. The Hall–Kier alpha value is -1.20. The molecule has 4 unspecified atom stereocenters. The van der Waals surface area contributed by atoms with Gasteiger partial charge in [0.25, 0.3) is 0 Å². The van der Waals surface area contributed by atoms with Gasteiger partial charge in [0.05, 0.1) is 7.11 Å². The molecular weight excluding hydrogens is 353 g/mol. The van der Waals surface area contributed by atoms with Crippen molar-refractivity contribution in [3.05, 3.63) is 29.3 Å². The highest BCUT2D eigenvalue weighted by molar-refractivity contribution is 7.26. The number of carbonyl (C=O) groups excluding carboxylic acids is 1. The minimum absolute atomic E-state index is 0.167. The van der Waals surface area contributed by atoms with Crippen molar-refractivity contribution >= 4 is 15.0 Å². The summed E-state index contributed by atoms with van der Waals surface area (Å²) in [7, 11) is 3.03. The Bertz CT molecular complexity index is 567. The summed E-state index contributed by atoms with van der Waals surface area (Å²) in [5, 5.41) is 9.57. The number of aryl methyl sites for hydroxylation is 1. The highest BCUT2D eigenvalue weighted by atomic mass is 31.1. The van der Waals surface area contributed by atoms with Crippen LogP contribution in [0.3, 0.4) is 0 Å². The van der Waals surface area contributed by atoms with Gasteiger partial charge >= 0.3 is 5.97 Å². The van der Waals surface area contributed by atoms with Gasteiger partial charge < -0.3 is 18.9 Å². The molecule has 0 spiro atoms. The van der Waals surface area contributed by atoms with Crippen LogP contribution in [-0.2, 0) is 20.5 Å². The number of rotatable bonds is 11. The van der Waals surface area contributed by atoms with Crippen LogP contribution in [0.2, 0.25) is 0 Å². The summed E-state index contributed by atoms with van der Waals surface area (Å²) >= 11 is 0. The van der Waals surface area contributed by atoms with Gasteiger partial charge in [-0.2, -0.15) is 0 Å². The van der Waals surface area contributed by atoms with Crippen LogP contribution in [0.25, 0.3) is 0 Å². The van der Waals surface area contributed by atoms with E-state index in [0.717, 1.165) is 23.3 Å². The summed E-state index contributed by atoms with van der Waals surface area (Å²) in [6.07, 6.45) is 1.16. The van der Waals surface area contributed by atoms with Gasteiger partial charge in [0.15, 0.2) is 0 Å². The van der Waals surface area contributed by atoms with E-state index in [9.17, 15) is 9.90 Å². The zero-order valence-electron chi connectivity index (χ0n) is 16.6. The van der Waals surface area contributed by atoms with Gasteiger partial charge in [-0.3, -0.25) is 9.69 Å². The first-order valence-electron chi connectivity index (χ1n) is 8.97. The number of nitrogens with zero attached hydrogens (tertiary/aromatic N) is 1. The Morgan fingerprint density at radius 1 is 1.31 bits per heavy atom. The fraction of sp³-hybridized carbons (Fsp3) is 0.632. The first kappa shape index (κ1) is 22.8. The molecular formula is C19H32NO5P. The largest absolute Gasteiger partial charge is 0.469 e. The molecule has 0 amide bonds. The molecule has 7 heteroatoms. The average molecular weight is 385 g/mol. The lowest BCUT2D eigenvalue weighted by Crippen LogP contribution is -2.37. The second kappa shape index (κ2) is 11.5. The van der Waals surface area contributed by atoms with E-state index in [1.54, 1.807) is 18.9 Å². The summed E-state index contributed by atoms with van der Waals surface area (Å²) in [4.78, 5) is 13.1. The van der Waals surface area contributed by atoms with Gasteiger partial charge in [0, 0.05) is 6.42 Å². The highest BCUT2D eigenvalue weighted by Gasteiger charge is 2.16. The molecule has 0 saturated carbocycles. The maximum absolute atomic E-state index is 11.4. The van der Waals surface area contributed by atoms with Crippen molar-refractivity contribution < 1.29 is 23.7 Å². The van der Waals surface area contributed by atoms with Crippen LogP contribution in [0.4, 0.5) is 0 Å². The van der Waals surface area contributed by atoms with Crippen molar-refractivity contribution in [2.24, 2.45) is 0 Å². The number of benzene rings is 1. The normalized spacial score (nSPS) is 15.2. The molecule has 0 aliphatic carbocycles. The maximum Gasteiger partial charge on any atom is 0.305 e. The number of esters is 1. The molecule has 0 aliphatic heterocycles. The minimum Gasteiger partial charge on any atom is -0.469 e. The molecule has 0 saturated heterocycles. The van der Waals surface area contributed by atoms with Gasteiger partial charge in [0.2, 0.25) is 9.03 Å². The molecule has 1 rings (SSSR count). The summed E-state index contributed by atoms with van der Waals surface area (Å²) in [5.74, 6) is 0.929. The number of hydrogen-bond acceptors (Lipinski definition) is 6. The first-order chi connectivity index (χ1) is 12.3. The van der Waals surface area contributed by atoms with E-state index in [0.29, 0.717) is 18.8 Å². The van der Waals surface area contributed by atoms with Gasteiger partial charge in [-0.05, 0) is 56.8 Å². The van der Waals surface area contributed by atoms with Crippen molar-refractivity contribution in [2.45, 2.75) is 65.3 Å². The monoisotopic (exact) mass is 385 g/mol. The van der Waals surface area contributed by atoms with Crippen molar-refractivity contribution in [3.63, 3.8) is 0 Å². The third kappa shape index (κ3) is 7.20. The summed E-state index contributed by atoms with van der Waals surface area (Å²) in [6, 6.07) is 6.01. The quantitative estimate of drug-likeness (QED) is 0.355. The predicted octanol–water partition coefficient (Wildman–Crippen LogP) is 3.83. The standard InChI is InChI=1S/C19H32NO5P/c1-7-13(2)17-12-16(9-11-19(22)23-6)8-10-18(17)25-26-24-15(4)20(5)14(3)21/h8,10,12-15,21,26H,7,9,11H2,1-6H3. The SMILES string of the molecule is CCC(C)c1cc(CCC(=O)OC)ccc1OPOC(C)N(C)C(C)O. The van der Waals surface area contributed by atoms with Gasteiger partial charge in [-0.25, -0.2) is 0 Å². The molecule has 0 radical (unpaired) electrons. The average Bonchev–Trinajstić information content (AvgIpc) is 2.64. The molecule has 0 bridgehead atoms. The van der Waals surface area contributed by atoms with Crippen LogP contribution in [0.1, 0.15) is 57.6 Å². The van der Waals surface area contributed by atoms with Crippen LogP contribution in [0, 0.1) is 0 Å². The molecule has 4 atom stereocenters. The van der Waals surface area contributed by atoms with E-state index in [1.165, 1.54) is 7.11 Å². The fourth-order valence-corrected chi connectivity index (χ4v) is 2.95. The van der Waals surface area contributed by atoms with E-state index < -0.39 is 6.23 Å². The van der Waals surface area contributed by atoms with E-state index >= 15 is 0 Å². The van der Waals surface area contributed by atoms with E-state index in [4.69, 9.17) is 13.8 Å². The third-order valence-electron chi connectivity index (χ3n) is 4.60. The van der Waals surface area contributed by atoms with E-state index in [2.05, 4.69) is 19.9 Å². The third-order valence-corrected chi connectivity index (χ3v) is 5.34. The molecule has 1 N–H and O–H groups in total. The lowest BCUT2D eigenvalue weighted by atomic mass is 9.94. The summed E-state index contributed by atoms with van der Waals surface area (Å²) < 4.78 is 16.2. The topological polar surface area (TPSA) is 68.2 Å². The second-order valence-electron chi connectivity index (χ2n) is 6.46. The van der Waals surface area contributed by atoms with Crippen LogP contribution >= 0.6 is 9.03 Å². The van der Waals surface area contributed by atoms with Crippen LogP contribution in [0.5, 0.6) is 5.75 Å². The summed E-state index contributed by atoms with van der Waals surface area (Å²) in [6.45, 7) is 7.85. The lowest BCUT2D eigenvalue weighted by molar-refractivity contribution is -0.140.